The number of pyridine rings is 1. The van der Waals surface area contributed by atoms with Crippen molar-refractivity contribution < 1.29 is 27.2 Å². The van der Waals surface area contributed by atoms with Gasteiger partial charge in [0.2, 0.25) is 0 Å². The van der Waals surface area contributed by atoms with E-state index in [0.717, 1.165) is 6.07 Å². The SMILES string of the molecule is NC(=O)c1ncccc1NC(=O)c1ccc(F)c(C(F)(F)F)c1. The van der Waals surface area contributed by atoms with Gasteiger partial charge in [-0.05, 0) is 30.3 Å². The van der Waals surface area contributed by atoms with Crippen LogP contribution in [0, 0.1) is 5.82 Å². The van der Waals surface area contributed by atoms with Crippen molar-refractivity contribution in [3.63, 3.8) is 0 Å². The first-order chi connectivity index (χ1) is 10.7. The fraction of sp³-hybridized carbons (Fsp3) is 0.0714. The Bertz CT molecular complexity index is 775. The van der Waals surface area contributed by atoms with Gasteiger partial charge in [0.25, 0.3) is 11.8 Å². The third-order valence-electron chi connectivity index (χ3n) is 2.82. The first-order valence-corrected chi connectivity index (χ1v) is 6.13. The number of nitrogens with zero attached hydrogens (tertiary/aromatic N) is 1. The van der Waals surface area contributed by atoms with Crippen molar-refractivity contribution in [2.45, 2.75) is 6.18 Å². The van der Waals surface area contributed by atoms with Crippen LogP contribution in [0.1, 0.15) is 26.4 Å². The van der Waals surface area contributed by atoms with Gasteiger partial charge in [-0.25, -0.2) is 9.37 Å². The summed E-state index contributed by atoms with van der Waals surface area (Å²) in [6.45, 7) is 0. The lowest BCUT2D eigenvalue weighted by atomic mass is 10.1. The molecule has 0 unspecified atom stereocenters. The van der Waals surface area contributed by atoms with Gasteiger partial charge in [-0.2, -0.15) is 13.2 Å². The number of anilines is 1. The number of carbonyl (C=O) groups is 2. The number of alkyl halides is 3. The third kappa shape index (κ3) is 3.62. The molecule has 0 aliphatic heterocycles. The van der Waals surface area contributed by atoms with E-state index in [2.05, 4.69) is 10.3 Å². The molecule has 2 aromatic rings. The second-order valence-corrected chi connectivity index (χ2v) is 4.41. The molecule has 0 aliphatic carbocycles. The fourth-order valence-electron chi connectivity index (χ4n) is 1.78. The highest BCUT2D eigenvalue weighted by Gasteiger charge is 2.34. The number of nitrogens with one attached hydrogen (secondary N) is 1. The lowest BCUT2D eigenvalue weighted by Gasteiger charge is -2.11. The number of aromatic nitrogens is 1. The van der Waals surface area contributed by atoms with Crippen LogP contribution in [-0.2, 0) is 6.18 Å². The molecule has 1 heterocycles. The Balaban J connectivity index is 2.34. The first kappa shape index (κ1) is 16.4. The van der Waals surface area contributed by atoms with Gasteiger partial charge in [0.15, 0.2) is 5.69 Å². The summed E-state index contributed by atoms with van der Waals surface area (Å²) in [5.41, 5.74) is 2.77. The Kier molecular flexibility index (Phi) is 4.30. The standard InChI is InChI=1S/C14H9F4N3O2/c15-9-4-3-7(6-8(9)14(16,17)18)13(23)21-10-2-1-5-20-11(10)12(19)22/h1-6H,(H2,19,22)(H,21,23). The summed E-state index contributed by atoms with van der Waals surface area (Å²) in [6, 6.07) is 4.51. The summed E-state index contributed by atoms with van der Waals surface area (Å²) < 4.78 is 51.1. The lowest BCUT2D eigenvalue weighted by molar-refractivity contribution is -0.140. The topological polar surface area (TPSA) is 85.1 Å². The average Bonchev–Trinajstić information content (AvgIpc) is 2.46. The smallest absolute Gasteiger partial charge is 0.364 e. The van der Waals surface area contributed by atoms with E-state index in [9.17, 15) is 27.2 Å². The molecular formula is C14H9F4N3O2. The maximum Gasteiger partial charge on any atom is 0.419 e. The number of nitrogens with two attached hydrogens (primary N) is 1. The molecule has 2 rings (SSSR count). The van der Waals surface area contributed by atoms with Crippen molar-refractivity contribution >= 4 is 17.5 Å². The van der Waals surface area contributed by atoms with Crippen LogP contribution < -0.4 is 11.1 Å². The fourth-order valence-corrected chi connectivity index (χ4v) is 1.78. The molecule has 23 heavy (non-hydrogen) atoms. The highest BCUT2D eigenvalue weighted by molar-refractivity contribution is 6.08. The van der Waals surface area contributed by atoms with Crippen LogP contribution in [0.25, 0.3) is 0 Å². The maximum atomic E-state index is 13.2. The molecule has 1 aromatic carbocycles. The van der Waals surface area contributed by atoms with Gasteiger partial charge >= 0.3 is 6.18 Å². The number of primary amides is 1. The Hall–Kier alpha value is -2.97. The molecule has 0 atom stereocenters. The molecular weight excluding hydrogens is 318 g/mol. The van der Waals surface area contributed by atoms with Gasteiger partial charge < -0.3 is 11.1 Å². The maximum absolute atomic E-state index is 13.2. The molecule has 0 spiro atoms. The van der Waals surface area contributed by atoms with Gasteiger partial charge in [-0.15, -0.1) is 0 Å². The minimum absolute atomic E-state index is 0.0668. The monoisotopic (exact) mass is 327 g/mol. The first-order valence-electron chi connectivity index (χ1n) is 6.13. The molecule has 0 fully saturated rings. The molecule has 0 bridgehead atoms. The molecule has 3 N–H and O–H groups in total. The van der Waals surface area contributed by atoms with E-state index in [4.69, 9.17) is 5.73 Å². The van der Waals surface area contributed by atoms with Crippen molar-refractivity contribution in [1.29, 1.82) is 0 Å². The van der Waals surface area contributed by atoms with Gasteiger partial charge in [0.1, 0.15) is 5.82 Å². The van der Waals surface area contributed by atoms with Crippen LogP contribution in [0.2, 0.25) is 0 Å². The van der Waals surface area contributed by atoms with E-state index in [1.165, 1.54) is 18.3 Å². The largest absolute Gasteiger partial charge is 0.419 e. The van der Waals surface area contributed by atoms with Crippen molar-refractivity contribution in [1.82, 2.24) is 4.98 Å². The summed E-state index contributed by atoms with van der Waals surface area (Å²) in [5, 5.41) is 2.21. The van der Waals surface area contributed by atoms with E-state index < -0.39 is 34.9 Å². The van der Waals surface area contributed by atoms with Crippen LogP contribution in [0.3, 0.4) is 0 Å². The number of rotatable bonds is 3. The molecule has 9 heteroatoms. The zero-order valence-corrected chi connectivity index (χ0v) is 11.3. The van der Waals surface area contributed by atoms with Gasteiger partial charge in [-0.3, -0.25) is 9.59 Å². The number of amides is 2. The third-order valence-corrected chi connectivity index (χ3v) is 2.82. The predicted molar refractivity (Wildman–Crippen MR) is 72.1 cm³/mol. The second-order valence-electron chi connectivity index (χ2n) is 4.41. The van der Waals surface area contributed by atoms with E-state index in [0.29, 0.717) is 12.1 Å². The van der Waals surface area contributed by atoms with Crippen LogP contribution in [-0.4, -0.2) is 16.8 Å². The lowest BCUT2D eigenvalue weighted by Crippen LogP contribution is -2.20. The number of benzene rings is 1. The zero-order valence-electron chi connectivity index (χ0n) is 11.3. The van der Waals surface area contributed by atoms with Crippen LogP contribution >= 0.6 is 0 Å². The van der Waals surface area contributed by atoms with Crippen molar-refractivity contribution in [2.75, 3.05) is 5.32 Å². The van der Waals surface area contributed by atoms with Crippen molar-refractivity contribution in [3.8, 4) is 0 Å². The molecule has 120 valence electrons. The van der Waals surface area contributed by atoms with E-state index in [1.54, 1.807) is 0 Å². The van der Waals surface area contributed by atoms with E-state index in [-0.39, 0.29) is 11.4 Å². The summed E-state index contributed by atoms with van der Waals surface area (Å²) >= 11 is 0. The van der Waals surface area contributed by atoms with Crippen molar-refractivity contribution in [3.05, 3.63) is 59.2 Å². The van der Waals surface area contributed by atoms with E-state index in [1.807, 2.05) is 0 Å². The molecule has 0 aliphatic rings. The molecule has 5 nitrogen and oxygen atoms in total. The molecule has 1 aromatic heterocycles. The van der Waals surface area contributed by atoms with Crippen molar-refractivity contribution in [2.24, 2.45) is 5.73 Å². The van der Waals surface area contributed by atoms with Gasteiger partial charge in [-0.1, -0.05) is 0 Å². The quantitative estimate of drug-likeness (QED) is 0.850. The minimum Gasteiger partial charge on any atom is -0.364 e. The minimum atomic E-state index is -4.94. The molecule has 0 radical (unpaired) electrons. The Morgan fingerprint density at radius 3 is 2.48 bits per heavy atom. The summed E-state index contributed by atoms with van der Waals surface area (Å²) in [5.74, 6) is -3.38. The highest BCUT2D eigenvalue weighted by atomic mass is 19.4. The summed E-state index contributed by atoms with van der Waals surface area (Å²) in [7, 11) is 0. The molecule has 0 saturated heterocycles. The number of halogens is 4. The predicted octanol–water partition coefficient (Wildman–Crippen LogP) is 2.59. The normalized spacial score (nSPS) is 11.1. The average molecular weight is 327 g/mol. The number of hydrogen-bond donors (Lipinski definition) is 2. The Labute approximate surface area is 127 Å². The summed E-state index contributed by atoms with van der Waals surface area (Å²) in [4.78, 5) is 26.8. The molecule has 2 amide bonds. The van der Waals surface area contributed by atoms with Crippen LogP contribution in [0.4, 0.5) is 23.2 Å². The zero-order chi connectivity index (χ0) is 17.2. The van der Waals surface area contributed by atoms with Gasteiger partial charge in [0.05, 0.1) is 11.3 Å². The Morgan fingerprint density at radius 2 is 1.87 bits per heavy atom. The van der Waals surface area contributed by atoms with Gasteiger partial charge in [0, 0.05) is 11.8 Å². The second kappa shape index (κ2) is 6.03. The number of hydrogen-bond acceptors (Lipinski definition) is 3. The van der Waals surface area contributed by atoms with Crippen LogP contribution in [0.15, 0.2) is 36.5 Å². The van der Waals surface area contributed by atoms with E-state index >= 15 is 0 Å². The molecule has 0 saturated carbocycles. The Morgan fingerprint density at radius 1 is 1.17 bits per heavy atom. The number of carbonyl (C=O) groups excluding carboxylic acids is 2. The highest BCUT2D eigenvalue weighted by Crippen LogP contribution is 2.32. The van der Waals surface area contributed by atoms with Crippen LogP contribution in [0.5, 0.6) is 0 Å². The summed E-state index contributed by atoms with van der Waals surface area (Å²) in [6.07, 6.45) is -3.68.